The SMILES string of the molecule is COC(=O)c1ccc(NC(=O)c2ccc(S(C)(=O)=O)cc2)cc1. The maximum atomic E-state index is 12.1. The number of carbonyl (C=O) groups is 2. The summed E-state index contributed by atoms with van der Waals surface area (Å²) >= 11 is 0. The zero-order chi connectivity index (χ0) is 17.0. The highest BCUT2D eigenvalue weighted by Crippen LogP contribution is 2.14. The van der Waals surface area contributed by atoms with Crippen molar-refractivity contribution < 1.29 is 22.7 Å². The molecule has 0 saturated carbocycles. The monoisotopic (exact) mass is 333 g/mol. The first kappa shape index (κ1) is 16.7. The van der Waals surface area contributed by atoms with Crippen molar-refractivity contribution in [3.8, 4) is 0 Å². The minimum atomic E-state index is -3.30. The van der Waals surface area contributed by atoms with Gasteiger partial charge in [0.25, 0.3) is 5.91 Å². The van der Waals surface area contributed by atoms with Gasteiger partial charge in [0.15, 0.2) is 9.84 Å². The van der Waals surface area contributed by atoms with E-state index in [0.29, 0.717) is 16.8 Å². The Kier molecular flexibility index (Phi) is 4.80. The van der Waals surface area contributed by atoms with E-state index in [1.165, 1.54) is 43.5 Å². The van der Waals surface area contributed by atoms with Crippen LogP contribution in [-0.2, 0) is 14.6 Å². The van der Waals surface area contributed by atoms with Crippen molar-refractivity contribution in [1.29, 1.82) is 0 Å². The number of carbonyl (C=O) groups excluding carboxylic acids is 2. The van der Waals surface area contributed by atoms with Gasteiger partial charge >= 0.3 is 5.97 Å². The van der Waals surface area contributed by atoms with E-state index in [1.54, 1.807) is 12.1 Å². The van der Waals surface area contributed by atoms with E-state index in [4.69, 9.17) is 0 Å². The zero-order valence-corrected chi connectivity index (χ0v) is 13.4. The highest BCUT2D eigenvalue weighted by Gasteiger charge is 2.11. The summed E-state index contributed by atoms with van der Waals surface area (Å²) < 4.78 is 27.3. The van der Waals surface area contributed by atoms with Gasteiger partial charge in [0, 0.05) is 17.5 Å². The molecule has 0 radical (unpaired) electrons. The van der Waals surface area contributed by atoms with Crippen LogP contribution < -0.4 is 5.32 Å². The number of rotatable bonds is 4. The van der Waals surface area contributed by atoms with Crippen LogP contribution in [0.4, 0.5) is 5.69 Å². The molecule has 0 saturated heterocycles. The molecule has 7 heteroatoms. The van der Waals surface area contributed by atoms with Crippen molar-refractivity contribution in [2.75, 3.05) is 18.7 Å². The van der Waals surface area contributed by atoms with Gasteiger partial charge in [0.1, 0.15) is 0 Å². The maximum absolute atomic E-state index is 12.1. The van der Waals surface area contributed by atoms with Crippen molar-refractivity contribution in [1.82, 2.24) is 0 Å². The fraction of sp³-hybridized carbons (Fsp3) is 0.125. The standard InChI is InChI=1S/C16H15NO5S/c1-22-16(19)12-3-7-13(8-4-12)17-15(18)11-5-9-14(10-6-11)23(2,20)21/h3-10H,1-2H3,(H,17,18). The van der Waals surface area contributed by atoms with E-state index in [2.05, 4.69) is 10.1 Å². The second kappa shape index (κ2) is 6.62. The van der Waals surface area contributed by atoms with E-state index in [9.17, 15) is 18.0 Å². The number of methoxy groups -OCH3 is 1. The largest absolute Gasteiger partial charge is 0.465 e. The summed E-state index contributed by atoms with van der Waals surface area (Å²) in [6.07, 6.45) is 1.10. The number of ether oxygens (including phenoxy) is 1. The predicted octanol–water partition coefficient (Wildman–Crippen LogP) is 2.13. The van der Waals surface area contributed by atoms with Gasteiger partial charge in [-0.2, -0.15) is 0 Å². The fourth-order valence-corrected chi connectivity index (χ4v) is 2.49. The lowest BCUT2D eigenvalue weighted by Crippen LogP contribution is -2.12. The van der Waals surface area contributed by atoms with E-state index in [0.717, 1.165) is 6.26 Å². The normalized spacial score (nSPS) is 10.9. The predicted molar refractivity (Wildman–Crippen MR) is 85.3 cm³/mol. The van der Waals surface area contributed by atoms with Crippen molar-refractivity contribution in [2.45, 2.75) is 4.90 Å². The first-order valence-electron chi connectivity index (χ1n) is 6.61. The third-order valence-electron chi connectivity index (χ3n) is 3.11. The Bertz CT molecular complexity index is 824. The molecule has 2 aromatic carbocycles. The molecule has 1 amide bonds. The summed E-state index contributed by atoms with van der Waals surface area (Å²) in [7, 11) is -2.01. The maximum Gasteiger partial charge on any atom is 0.337 e. The Labute approximate surface area is 134 Å². The van der Waals surface area contributed by atoms with Crippen molar-refractivity contribution in [3.05, 3.63) is 59.7 Å². The van der Waals surface area contributed by atoms with Crippen LogP contribution in [0.1, 0.15) is 20.7 Å². The second-order valence-electron chi connectivity index (χ2n) is 4.82. The van der Waals surface area contributed by atoms with Crippen molar-refractivity contribution >= 4 is 27.4 Å². The molecule has 0 aliphatic heterocycles. The Morgan fingerprint density at radius 1 is 0.913 bits per heavy atom. The number of benzene rings is 2. The molecule has 0 aliphatic rings. The molecule has 0 fully saturated rings. The second-order valence-corrected chi connectivity index (χ2v) is 6.84. The molecular formula is C16H15NO5S. The fourth-order valence-electron chi connectivity index (χ4n) is 1.86. The summed E-state index contributed by atoms with van der Waals surface area (Å²) in [4.78, 5) is 23.6. The highest BCUT2D eigenvalue weighted by molar-refractivity contribution is 7.90. The molecule has 120 valence electrons. The van der Waals surface area contributed by atoms with Crippen LogP contribution in [0.2, 0.25) is 0 Å². The average molecular weight is 333 g/mol. The van der Waals surface area contributed by atoms with E-state index in [-0.39, 0.29) is 10.8 Å². The average Bonchev–Trinajstić information content (AvgIpc) is 2.54. The van der Waals surface area contributed by atoms with Gasteiger partial charge in [-0.1, -0.05) is 0 Å². The van der Waals surface area contributed by atoms with Gasteiger partial charge in [-0.15, -0.1) is 0 Å². The lowest BCUT2D eigenvalue weighted by Gasteiger charge is -2.07. The summed E-state index contributed by atoms with van der Waals surface area (Å²) in [6.45, 7) is 0. The molecule has 2 aromatic rings. The lowest BCUT2D eigenvalue weighted by atomic mass is 10.2. The number of sulfone groups is 1. The molecule has 0 heterocycles. The van der Waals surface area contributed by atoms with Crippen LogP contribution in [0.3, 0.4) is 0 Å². The summed E-state index contributed by atoms with van der Waals surface area (Å²) in [5.41, 5.74) is 1.22. The number of hydrogen-bond acceptors (Lipinski definition) is 5. The third kappa shape index (κ3) is 4.17. The number of amides is 1. The van der Waals surface area contributed by atoms with Crippen LogP contribution in [0.15, 0.2) is 53.4 Å². The summed E-state index contributed by atoms with van der Waals surface area (Å²) in [5, 5.41) is 2.66. The molecule has 6 nitrogen and oxygen atoms in total. The molecule has 0 aromatic heterocycles. The van der Waals surface area contributed by atoms with Crippen LogP contribution >= 0.6 is 0 Å². The molecule has 23 heavy (non-hydrogen) atoms. The van der Waals surface area contributed by atoms with Gasteiger partial charge in [0.2, 0.25) is 0 Å². The van der Waals surface area contributed by atoms with Gasteiger partial charge in [-0.05, 0) is 48.5 Å². The van der Waals surface area contributed by atoms with Crippen LogP contribution in [0, 0.1) is 0 Å². The first-order chi connectivity index (χ1) is 10.8. The molecular weight excluding hydrogens is 318 g/mol. The number of anilines is 1. The molecule has 0 bridgehead atoms. The number of nitrogens with one attached hydrogen (secondary N) is 1. The van der Waals surface area contributed by atoms with E-state index < -0.39 is 15.8 Å². The zero-order valence-electron chi connectivity index (χ0n) is 12.6. The molecule has 2 rings (SSSR count). The van der Waals surface area contributed by atoms with E-state index >= 15 is 0 Å². The quantitative estimate of drug-likeness (QED) is 0.866. The lowest BCUT2D eigenvalue weighted by molar-refractivity contribution is 0.0600. The van der Waals surface area contributed by atoms with Crippen molar-refractivity contribution in [2.24, 2.45) is 0 Å². The van der Waals surface area contributed by atoms with Gasteiger partial charge in [-0.25, -0.2) is 13.2 Å². The smallest absolute Gasteiger partial charge is 0.337 e. The van der Waals surface area contributed by atoms with E-state index in [1.807, 2.05) is 0 Å². The molecule has 0 atom stereocenters. The third-order valence-corrected chi connectivity index (χ3v) is 4.24. The van der Waals surface area contributed by atoms with Gasteiger partial charge < -0.3 is 10.1 Å². The van der Waals surface area contributed by atoms with Crippen LogP contribution in [0.25, 0.3) is 0 Å². The van der Waals surface area contributed by atoms with Crippen LogP contribution in [0.5, 0.6) is 0 Å². The van der Waals surface area contributed by atoms with Crippen molar-refractivity contribution in [3.63, 3.8) is 0 Å². The summed E-state index contributed by atoms with van der Waals surface area (Å²) in [6, 6.07) is 11.9. The first-order valence-corrected chi connectivity index (χ1v) is 8.50. The Hall–Kier alpha value is -2.67. The minimum absolute atomic E-state index is 0.150. The summed E-state index contributed by atoms with van der Waals surface area (Å²) in [5.74, 6) is -0.838. The van der Waals surface area contributed by atoms with Crippen LogP contribution in [-0.4, -0.2) is 33.7 Å². The van der Waals surface area contributed by atoms with Gasteiger partial charge in [0.05, 0.1) is 17.6 Å². The minimum Gasteiger partial charge on any atom is -0.465 e. The number of esters is 1. The number of hydrogen-bond donors (Lipinski definition) is 1. The molecule has 0 unspecified atom stereocenters. The van der Waals surface area contributed by atoms with Gasteiger partial charge in [-0.3, -0.25) is 4.79 Å². The Balaban J connectivity index is 2.11. The Morgan fingerprint density at radius 3 is 1.91 bits per heavy atom. The topological polar surface area (TPSA) is 89.5 Å². The molecule has 1 N–H and O–H groups in total. The Morgan fingerprint density at radius 2 is 1.43 bits per heavy atom. The molecule has 0 aliphatic carbocycles. The highest BCUT2D eigenvalue weighted by atomic mass is 32.2. The molecule has 0 spiro atoms.